The highest BCUT2D eigenvalue weighted by Gasteiger charge is 2.32. The monoisotopic (exact) mass is 250 g/mol. The lowest BCUT2D eigenvalue weighted by Crippen LogP contribution is -2.56. The van der Waals surface area contributed by atoms with Crippen molar-refractivity contribution >= 4 is 11.8 Å². The average Bonchev–Trinajstić information content (AvgIpc) is 2.36. The normalized spacial score (nSPS) is 20.2. The number of rotatable bonds is 1. The van der Waals surface area contributed by atoms with Crippen LogP contribution in [0.1, 0.15) is 17.3 Å². The highest BCUT2D eigenvalue weighted by Crippen LogP contribution is 2.14. The maximum Gasteiger partial charge on any atom is 0.254 e. The van der Waals surface area contributed by atoms with Crippen LogP contribution in [0.25, 0.3) is 0 Å². The van der Waals surface area contributed by atoms with Crippen molar-refractivity contribution in [2.24, 2.45) is 0 Å². The van der Waals surface area contributed by atoms with Crippen molar-refractivity contribution in [3.8, 4) is 0 Å². The Bertz CT molecular complexity index is 472. The zero-order chi connectivity index (χ0) is 13.3. The SMILES string of the molecule is CC1C(=O)N(C)CCN1C(=O)c1ccc(F)cc1. The molecule has 0 bridgehead atoms. The van der Waals surface area contributed by atoms with E-state index < -0.39 is 6.04 Å². The minimum absolute atomic E-state index is 0.0725. The predicted molar refractivity (Wildman–Crippen MR) is 64.5 cm³/mol. The summed E-state index contributed by atoms with van der Waals surface area (Å²) < 4.78 is 12.8. The van der Waals surface area contributed by atoms with Gasteiger partial charge in [-0.15, -0.1) is 0 Å². The van der Waals surface area contributed by atoms with Crippen LogP contribution in [0.3, 0.4) is 0 Å². The molecule has 0 aliphatic carbocycles. The van der Waals surface area contributed by atoms with Crippen LogP contribution in [0.15, 0.2) is 24.3 Å². The van der Waals surface area contributed by atoms with Gasteiger partial charge in [0.1, 0.15) is 11.9 Å². The maximum atomic E-state index is 12.8. The second-order valence-electron chi connectivity index (χ2n) is 4.44. The van der Waals surface area contributed by atoms with Gasteiger partial charge in [-0.3, -0.25) is 9.59 Å². The van der Waals surface area contributed by atoms with Crippen molar-refractivity contribution < 1.29 is 14.0 Å². The first kappa shape index (κ1) is 12.5. The number of carbonyl (C=O) groups is 2. The fourth-order valence-electron chi connectivity index (χ4n) is 2.05. The van der Waals surface area contributed by atoms with Crippen LogP contribution < -0.4 is 0 Å². The van der Waals surface area contributed by atoms with E-state index in [0.717, 1.165) is 0 Å². The molecule has 0 spiro atoms. The molecule has 1 aliphatic heterocycles. The van der Waals surface area contributed by atoms with Crippen molar-refractivity contribution in [3.63, 3.8) is 0 Å². The standard InChI is InChI=1S/C13H15FN2O2/c1-9-12(17)15(2)7-8-16(9)13(18)10-3-5-11(14)6-4-10/h3-6,9H,7-8H2,1-2H3. The predicted octanol–water partition coefficient (Wildman–Crippen LogP) is 1.13. The van der Waals surface area contributed by atoms with E-state index in [1.165, 1.54) is 29.2 Å². The number of carbonyl (C=O) groups excluding carboxylic acids is 2. The second-order valence-corrected chi connectivity index (χ2v) is 4.44. The van der Waals surface area contributed by atoms with Crippen molar-refractivity contribution in [2.45, 2.75) is 13.0 Å². The number of likely N-dealkylation sites (N-methyl/N-ethyl adjacent to an activating group) is 1. The molecule has 18 heavy (non-hydrogen) atoms. The fraction of sp³-hybridized carbons (Fsp3) is 0.385. The molecule has 1 aromatic carbocycles. The van der Waals surface area contributed by atoms with Crippen molar-refractivity contribution in [1.29, 1.82) is 0 Å². The lowest BCUT2D eigenvalue weighted by Gasteiger charge is -2.37. The fourth-order valence-corrected chi connectivity index (χ4v) is 2.05. The minimum Gasteiger partial charge on any atom is -0.342 e. The van der Waals surface area contributed by atoms with Crippen LogP contribution in [-0.2, 0) is 4.79 Å². The average molecular weight is 250 g/mol. The molecule has 1 saturated heterocycles. The summed E-state index contributed by atoms with van der Waals surface area (Å²) in [4.78, 5) is 27.1. The molecular formula is C13H15FN2O2. The summed E-state index contributed by atoms with van der Waals surface area (Å²) in [5, 5.41) is 0. The number of halogens is 1. The molecule has 5 heteroatoms. The molecule has 4 nitrogen and oxygen atoms in total. The van der Waals surface area contributed by atoms with Gasteiger partial charge < -0.3 is 9.80 Å². The van der Waals surface area contributed by atoms with Gasteiger partial charge in [0.25, 0.3) is 5.91 Å². The Morgan fingerprint density at radius 3 is 2.50 bits per heavy atom. The zero-order valence-corrected chi connectivity index (χ0v) is 10.4. The number of benzene rings is 1. The van der Waals surface area contributed by atoms with Crippen LogP contribution in [0, 0.1) is 5.82 Å². The van der Waals surface area contributed by atoms with Crippen LogP contribution in [0.4, 0.5) is 4.39 Å². The van der Waals surface area contributed by atoms with Crippen LogP contribution >= 0.6 is 0 Å². The minimum atomic E-state index is -0.471. The Hall–Kier alpha value is -1.91. The van der Waals surface area contributed by atoms with Gasteiger partial charge in [0.05, 0.1) is 0 Å². The van der Waals surface area contributed by atoms with Crippen LogP contribution in [-0.4, -0.2) is 47.8 Å². The van der Waals surface area contributed by atoms with Gasteiger partial charge in [-0.05, 0) is 31.2 Å². The van der Waals surface area contributed by atoms with Gasteiger partial charge in [0.15, 0.2) is 0 Å². The second kappa shape index (κ2) is 4.76. The largest absolute Gasteiger partial charge is 0.342 e. The molecule has 1 heterocycles. The summed E-state index contributed by atoms with van der Waals surface area (Å²) >= 11 is 0. The van der Waals surface area contributed by atoms with Gasteiger partial charge in [-0.2, -0.15) is 0 Å². The molecule has 1 atom stereocenters. The molecule has 1 fully saturated rings. The summed E-state index contributed by atoms with van der Waals surface area (Å²) in [6, 6.07) is 4.90. The van der Waals surface area contributed by atoms with Gasteiger partial charge in [-0.1, -0.05) is 0 Å². The first-order valence-corrected chi connectivity index (χ1v) is 5.82. The molecule has 2 amide bonds. The molecule has 96 valence electrons. The molecule has 0 aromatic heterocycles. The number of nitrogens with zero attached hydrogens (tertiary/aromatic N) is 2. The molecule has 1 aliphatic rings. The van der Waals surface area contributed by atoms with E-state index >= 15 is 0 Å². The summed E-state index contributed by atoms with van der Waals surface area (Å²) in [6.07, 6.45) is 0. The molecular weight excluding hydrogens is 235 g/mol. The number of hydrogen-bond acceptors (Lipinski definition) is 2. The summed E-state index contributed by atoms with van der Waals surface area (Å²) in [6.45, 7) is 2.73. The summed E-state index contributed by atoms with van der Waals surface area (Å²) in [7, 11) is 1.72. The van der Waals surface area contributed by atoms with Gasteiger partial charge in [-0.25, -0.2) is 4.39 Å². The number of amides is 2. The Kier molecular flexibility index (Phi) is 3.32. The van der Waals surface area contributed by atoms with Gasteiger partial charge in [0.2, 0.25) is 5.91 Å². The van der Waals surface area contributed by atoms with Crippen molar-refractivity contribution in [1.82, 2.24) is 9.80 Å². The summed E-state index contributed by atoms with van der Waals surface area (Å²) in [5.74, 6) is -0.685. The third-order valence-electron chi connectivity index (χ3n) is 3.23. The topological polar surface area (TPSA) is 40.6 Å². The molecule has 0 N–H and O–H groups in total. The Labute approximate surface area is 105 Å². The van der Waals surface area contributed by atoms with Crippen molar-refractivity contribution in [3.05, 3.63) is 35.6 Å². The van der Waals surface area contributed by atoms with Crippen LogP contribution in [0.2, 0.25) is 0 Å². The van der Waals surface area contributed by atoms with E-state index in [1.807, 2.05) is 0 Å². The Balaban J connectivity index is 2.19. The maximum absolute atomic E-state index is 12.8. The van der Waals surface area contributed by atoms with E-state index in [4.69, 9.17) is 0 Å². The first-order chi connectivity index (χ1) is 8.50. The molecule has 1 unspecified atom stereocenters. The highest BCUT2D eigenvalue weighted by molar-refractivity contribution is 5.98. The van der Waals surface area contributed by atoms with E-state index in [-0.39, 0.29) is 17.6 Å². The lowest BCUT2D eigenvalue weighted by molar-refractivity contribution is -0.137. The smallest absolute Gasteiger partial charge is 0.254 e. The number of hydrogen-bond donors (Lipinski definition) is 0. The van der Waals surface area contributed by atoms with E-state index in [9.17, 15) is 14.0 Å². The van der Waals surface area contributed by atoms with Gasteiger partial charge in [0, 0.05) is 25.7 Å². The van der Waals surface area contributed by atoms with Crippen LogP contribution in [0.5, 0.6) is 0 Å². The van der Waals surface area contributed by atoms with E-state index in [1.54, 1.807) is 18.9 Å². The zero-order valence-electron chi connectivity index (χ0n) is 10.4. The van der Waals surface area contributed by atoms with Crippen molar-refractivity contribution in [2.75, 3.05) is 20.1 Å². The lowest BCUT2D eigenvalue weighted by atomic mass is 10.1. The summed E-state index contributed by atoms with van der Waals surface area (Å²) in [5.41, 5.74) is 0.403. The Morgan fingerprint density at radius 1 is 1.28 bits per heavy atom. The third-order valence-corrected chi connectivity index (χ3v) is 3.23. The number of piperazine rings is 1. The van der Waals surface area contributed by atoms with Gasteiger partial charge >= 0.3 is 0 Å². The van der Waals surface area contributed by atoms with E-state index in [2.05, 4.69) is 0 Å². The van der Waals surface area contributed by atoms with E-state index in [0.29, 0.717) is 18.7 Å². The third kappa shape index (κ3) is 2.20. The molecule has 2 rings (SSSR count). The molecule has 1 aromatic rings. The molecule has 0 saturated carbocycles. The molecule has 0 radical (unpaired) electrons. The Morgan fingerprint density at radius 2 is 1.89 bits per heavy atom. The highest BCUT2D eigenvalue weighted by atomic mass is 19.1. The quantitative estimate of drug-likeness (QED) is 0.749. The first-order valence-electron chi connectivity index (χ1n) is 5.82.